The van der Waals surface area contributed by atoms with Crippen molar-refractivity contribution in [2.24, 2.45) is 0 Å². The van der Waals surface area contributed by atoms with Gasteiger partial charge in [-0.1, -0.05) is 6.07 Å². The van der Waals surface area contributed by atoms with Crippen LogP contribution < -0.4 is 10.2 Å². The van der Waals surface area contributed by atoms with E-state index in [1.807, 2.05) is 6.07 Å². The van der Waals surface area contributed by atoms with Crippen molar-refractivity contribution in [2.45, 2.75) is 19.3 Å². The number of nitrogens with one attached hydrogen (secondary N) is 1. The number of anilines is 2. The molecule has 0 aliphatic carbocycles. The van der Waals surface area contributed by atoms with Crippen LogP contribution in [0.5, 0.6) is 0 Å². The first-order valence-corrected chi connectivity index (χ1v) is 8.08. The van der Waals surface area contributed by atoms with Gasteiger partial charge in [-0.2, -0.15) is 5.26 Å². The summed E-state index contributed by atoms with van der Waals surface area (Å²) in [6.07, 6.45) is 1.55. The van der Waals surface area contributed by atoms with E-state index < -0.39 is 0 Å². The summed E-state index contributed by atoms with van der Waals surface area (Å²) in [4.78, 5) is 29.8. The van der Waals surface area contributed by atoms with Gasteiger partial charge in [0.1, 0.15) is 0 Å². The van der Waals surface area contributed by atoms with Gasteiger partial charge in [0, 0.05) is 24.0 Å². The van der Waals surface area contributed by atoms with Crippen molar-refractivity contribution in [1.29, 1.82) is 5.26 Å². The second-order valence-corrected chi connectivity index (χ2v) is 6.02. The molecule has 1 aliphatic rings. The van der Waals surface area contributed by atoms with Crippen LogP contribution in [-0.4, -0.2) is 23.3 Å². The maximum absolute atomic E-state index is 12.1. The van der Waals surface area contributed by atoms with E-state index in [2.05, 4.69) is 10.3 Å². The minimum atomic E-state index is -0.204. The summed E-state index contributed by atoms with van der Waals surface area (Å²) in [5.74, 6) is -0.117. The third-order valence-corrected chi connectivity index (χ3v) is 4.37. The molecule has 0 atom stereocenters. The fourth-order valence-electron chi connectivity index (χ4n) is 2.39. The fraction of sp³-hybridized carbons (Fsp3) is 0.250. The summed E-state index contributed by atoms with van der Waals surface area (Å²) < 4.78 is 0. The van der Waals surface area contributed by atoms with Crippen LogP contribution in [0.2, 0.25) is 0 Å². The number of aromatic nitrogens is 1. The van der Waals surface area contributed by atoms with Gasteiger partial charge in [0.2, 0.25) is 11.8 Å². The van der Waals surface area contributed by atoms with E-state index in [4.69, 9.17) is 5.26 Å². The Bertz CT molecular complexity index is 793. The second kappa shape index (κ2) is 6.58. The molecule has 2 amide bonds. The highest BCUT2D eigenvalue weighted by atomic mass is 32.1. The quantitative estimate of drug-likeness (QED) is 0.934. The van der Waals surface area contributed by atoms with Crippen molar-refractivity contribution in [3.8, 4) is 6.07 Å². The number of rotatable bonds is 4. The number of benzene rings is 1. The summed E-state index contributed by atoms with van der Waals surface area (Å²) in [5.41, 5.74) is 1.71. The van der Waals surface area contributed by atoms with E-state index in [1.54, 1.807) is 34.5 Å². The van der Waals surface area contributed by atoms with E-state index in [0.29, 0.717) is 35.0 Å². The zero-order valence-electron chi connectivity index (χ0n) is 12.3. The van der Waals surface area contributed by atoms with Gasteiger partial charge in [-0.05, 0) is 24.6 Å². The molecule has 1 aliphatic heterocycles. The minimum Gasteiger partial charge on any atom is -0.326 e. The molecule has 7 heteroatoms. The Balaban J connectivity index is 1.63. The Morgan fingerprint density at radius 3 is 3.09 bits per heavy atom. The molecule has 1 fully saturated rings. The lowest BCUT2D eigenvalue weighted by Crippen LogP contribution is -2.23. The predicted molar refractivity (Wildman–Crippen MR) is 87.2 cm³/mol. The summed E-state index contributed by atoms with van der Waals surface area (Å²) in [5, 5.41) is 14.1. The smallest absolute Gasteiger partial charge is 0.230 e. The van der Waals surface area contributed by atoms with Crippen LogP contribution in [0.1, 0.15) is 24.1 Å². The highest BCUT2D eigenvalue weighted by Gasteiger charge is 2.24. The van der Waals surface area contributed by atoms with E-state index in [-0.39, 0.29) is 18.2 Å². The van der Waals surface area contributed by atoms with Crippen LogP contribution in [0.15, 0.2) is 29.6 Å². The van der Waals surface area contributed by atoms with Gasteiger partial charge in [-0.15, -0.1) is 11.3 Å². The largest absolute Gasteiger partial charge is 0.326 e. The van der Waals surface area contributed by atoms with E-state index >= 15 is 0 Å². The topological polar surface area (TPSA) is 86.1 Å². The molecular formula is C16H14N4O2S. The zero-order valence-corrected chi connectivity index (χ0v) is 13.1. The number of carbonyl (C=O) groups is 2. The molecule has 116 valence electrons. The van der Waals surface area contributed by atoms with Crippen LogP contribution in [-0.2, 0) is 16.0 Å². The molecule has 2 heterocycles. The molecule has 0 radical (unpaired) electrons. The molecule has 3 rings (SSSR count). The lowest BCUT2D eigenvalue weighted by atomic mass is 10.2. The van der Waals surface area contributed by atoms with E-state index in [1.165, 1.54) is 11.3 Å². The number of hydrogen-bond acceptors (Lipinski definition) is 5. The standard InChI is InChI=1S/C16H14N4O2S/c17-9-11-3-1-4-12(7-11)18-14(21)8-13-10-23-16(19-13)20-6-2-5-15(20)22/h1,3-4,7,10H,2,5-6,8H2,(H,18,21). The average molecular weight is 326 g/mol. The van der Waals surface area contributed by atoms with Gasteiger partial charge >= 0.3 is 0 Å². The molecule has 1 N–H and O–H groups in total. The summed E-state index contributed by atoms with van der Waals surface area (Å²) >= 11 is 1.38. The number of thiazole rings is 1. The first-order valence-electron chi connectivity index (χ1n) is 7.20. The number of carbonyl (C=O) groups excluding carboxylic acids is 2. The van der Waals surface area contributed by atoms with Crippen LogP contribution in [0.25, 0.3) is 0 Å². The lowest BCUT2D eigenvalue weighted by molar-refractivity contribution is -0.117. The monoisotopic (exact) mass is 326 g/mol. The van der Waals surface area contributed by atoms with Gasteiger partial charge in [0.05, 0.1) is 23.7 Å². The highest BCUT2D eigenvalue weighted by molar-refractivity contribution is 7.14. The maximum atomic E-state index is 12.1. The highest BCUT2D eigenvalue weighted by Crippen LogP contribution is 2.25. The number of hydrogen-bond donors (Lipinski definition) is 1. The molecule has 23 heavy (non-hydrogen) atoms. The molecule has 2 aromatic rings. The SMILES string of the molecule is N#Cc1cccc(NC(=O)Cc2csc(N3CCCC3=O)n2)c1. The summed E-state index contributed by atoms with van der Waals surface area (Å²) in [6, 6.07) is 8.77. The van der Waals surface area contributed by atoms with Gasteiger partial charge in [-0.3, -0.25) is 14.5 Å². The molecule has 1 aromatic carbocycles. The Labute approximate surface area is 137 Å². The van der Waals surface area contributed by atoms with Crippen molar-refractivity contribution >= 4 is 34.0 Å². The fourth-order valence-corrected chi connectivity index (χ4v) is 3.26. The zero-order chi connectivity index (χ0) is 16.2. The summed E-state index contributed by atoms with van der Waals surface area (Å²) in [6.45, 7) is 0.693. The van der Waals surface area contributed by atoms with Crippen LogP contribution in [0, 0.1) is 11.3 Å². The minimum absolute atomic E-state index is 0.0867. The Morgan fingerprint density at radius 1 is 1.48 bits per heavy atom. The number of nitriles is 1. The first-order chi connectivity index (χ1) is 11.2. The predicted octanol–water partition coefficient (Wildman–Crippen LogP) is 2.32. The Morgan fingerprint density at radius 2 is 2.35 bits per heavy atom. The molecule has 1 saturated heterocycles. The van der Waals surface area contributed by atoms with E-state index in [9.17, 15) is 9.59 Å². The summed E-state index contributed by atoms with van der Waals surface area (Å²) in [7, 11) is 0. The molecule has 0 bridgehead atoms. The van der Waals surface area contributed by atoms with E-state index in [0.717, 1.165) is 6.42 Å². The normalized spacial score (nSPS) is 13.9. The third-order valence-electron chi connectivity index (χ3n) is 3.46. The molecule has 1 aromatic heterocycles. The van der Waals surface area contributed by atoms with Gasteiger partial charge in [0.25, 0.3) is 0 Å². The van der Waals surface area contributed by atoms with Crippen molar-refractivity contribution in [2.75, 3.05) is 16.8 Å². The molecule has 0 saturated carbocycles. The van der Waals surface area contributed by atoms with Crippen LogP contribution in [0.3, 0.4) is 0 Å². The third kappa shape index (κ3) is 3.55. The maximum Gasteiger partial charge on any atom is 0.230 e. The molecular weight excluding hydrogens is 312 g/mol. The van der Waals surface area contributed by atoms with Crippen molar-refractivity contribution < 1.29 is 9.59 Å². The van der Waals surface area contributed by atoms with Gasteiger partial charge in [-0.25, -0.2) is 4.98 Å². The van der Waals surface area contributed by atoms with Gasteiger partial charge < -0.3 is 5.32 Å². The number of amides is 2. The number of nitrogens with zero attached hydrogens (tertiary/aromatic N) is 3. The van der Waals surface area contributed by atoms with Crippen molar-refractivity contribution in [3.63, 3.8) is 0 Å². The molecule has 6 nitrogen and oxygen atoms in total. The van der Waals surface area contributed by atoms with Gasteiger partial charge in [0.15, 0.2) is 5.13 Å². The average Bonchev–Trinajstić information content (AvgIpc) is 3.16. The van der Waals surface area contributed by atoms with Crippen LogP contribution in [0.4, 0.5) is 10.8 Å². The van der Waals surface area contributed by atoms with Crippen LogP contribution >= 0.6 is 11.3 Å². The van der Waals surface area contributed by atoms with Crippen molar-refractivity contribution in [3.05, 3.63) is 40.9 Å². The second-order valence-electron chi connectivity index (χ2n) is 5.19. The Kier molecular flexibility index (Phi) is 4.35. The van der Waals surface area contributed by atoms with Crippen molar-refractivity contribution in [1.82, 2.24) is 4.98 Å². The molecule has 0 spiro atoms. The Hall–Kier alpha value is -2.72. The molecule has 0 unspecified atom stereocenters. The first kappa shape index (κ1) is 15.2. The lowest BCUT2D eigenvalue weighted by Gasteiger charge is -2.10.